The lowest BCUT2D eigenvalue weighted by Crippen LogP contribution is -2.38. The number of ether oxygens (including phenoxy) is 2. The lowest BCUT2D eigenvalue weighted by atomic mass is 10.1. The molecule has 0 aliphatic heterocycles. The highest BCUT2D eigenvalue weighted by molar-refractivity contribution is 5.73. The standard InChI is InChI=1S/C17H28N2O3/c1-5-21-15-8-7-14(11-16(15)22-6-2)9-10-18-17(20)19-12-13(3)4/h7-8,11,13H,5-6,9-10,12H2,1-4H3,(H2,18,19,20). The van der Waals surface area contributed by atoms with Crippen LogP contribution in [0.1, 0.15) is 33.3 Å². The number of urea groups is 1. The molecule has 0 bridgehead atoms. The molecule has 0 saturated carbocycles. The normalized spacial score (nSPS) is 10.4. The first-order valence-corrected chi connectivity index (χ1v) is 7.97. The van der Waals surface area contributed by atoms with Crippen LogP contribution in [0.5, 0.6) is 11.5 Å². The zero-order valence-corrected chi connectivity index (χ0v) is 14.1. The van der Waals surface area contributed by atoms with Crippen LogP contribution in [0.2, 0.25) is 0 Å². The van der Waals surface area contributed by atoms with Gasteiger partial charge in [0, 0.05) is 13.1 Å². The number of hydrogen-bond acceptors (Lipinski definition) is 3. The molecule has 0 fully saturated rings. The predicted molar refractivity (Wildman–Crippen MR) is 88.7 cm³/mol. The van der Waals surface area contributed by atoms with E-state index in [0.29, 0.717) is 32.2 Å². The minimum absolute atomic E-state index is 0.121. The summed E-state index contributed by atoms with van der Waals surface area (Å²) in [5.74, 6) is 1.97. The summed E-state index contributed by atoms with van der Waals surface area (Å²) < 4.78 is 11.1. The summed E-state index contributed by atoms with van der Waals surface area (Å²) in [6.07, 6.45) is 0.752. The smallest absolute Gasteiger partial charge is 0.314 e. The SMILES string of the molecule is CCOc1ccc(CCNC(=O)NCC(C)C)cc1OCC. The van der Waals surface area contributed by atoms with E-state index < -0.39 is 0 Å². The second-order valence-electron chi connectivity index (χ2n) is 5.43. The van der Waals surface area contributed by atoms with E-state index in [1.54, 1.807) is 0 Å². The molecule has 2 amide bonds. The quantitative estimate of drug-likeness (QED) is 0.737. The van der Waals surface area contributed by atoms with Crippen molar-refractivity contribution in [3.05, 3.63) is 23.8 Å². The molecule has 0 saturated heterocycles. The van der Waals surface area contributed by atoms with Crippen LogP contribution >= 0.6 is 0 Å². The summed E-state index contributed by atoms with van der Waals surface area (Å²) in [6, 6.07) is 5.77. The topological polar surface area (TPSA) is 59.6 Å². The lowest BCUT2D eigenvalue weighted by Gasteiger charge is -2.13. The fourth-order valence-corrected chi connectivity index (χ4v) is 1.93. The van der Waals surface area contributed by atoms with Crippen LogP contribution in [-0.2, 0) is 6.42 Å². The van der Waals surface area contributed by atoms with Gasteiger partial charge in [-0.2, -0.15) is 0 Å². The molecule has 0 atom stereocenters. The van der Waals surface area contributed by atoms with Crippen LogP contribution in [0, 0.1) is 5.92 Å². The van der Waals surface area contributed by atoms with Gasteiger partial charge in [0.15, 0.2) is 11.5 Å². The number of nitrogens with one attached hydrogen (secondary N) is 2. The van der Waals surface area contributed by atoms with Gasteiger partial charge in [-0.15, -0.1) is 0 Å². The Morgan fingerprint density at radius 1 is 1.09 bits per heavy atom. The average Bonchev–Trinajstić information content (AvgIpc) is 2.48. The van der Waals surface area contributed by atoms with E-state index in [4.69, 9.17) is 9.47 Å². The van der Waals surface area contributed by atoms with E-state index >= 15 is 0 Å². The Morgan fingerprint density at radius 3 is 2.41 bits per heavy atom. The first-order chi connectivity index (χ1) is 10.6. The number of benzene rings is 1. The van der Waals surface area contributed by atoms with Crippen LogP contribution in [0.3, 0.4) is 0 Å². The maximum atomic E-state index is 11.6. The van der Waals surface area contributed by atoms with Gasteiger partial charge in [-0.1, -0.05) is 19.9 Å². The van der Waals surface area contributed by atoms with E-state index in [0.717, 1.165) is 23.5 Å². The van der Waals surface area contributed by atoms with Gasteiger partial charge < -0.3 is 20.1 Å². The van der Waals surface area contributed by atoms with Crippen molar-refractivity contribution >= 4 is 6.03 Å². The average molecular weight is 308 g/mol. The molecule has 22 heavy (non-hydrogen) atoms. The van der Waals surface area contributed by atoms with Crippen molar-refractivity contribution in [2.75, 3.05) is 26.3 Å². The second-order valence-corrected chi connectivity index (χ2v) is 5.43. The van der Waals surface area contributed by atoms with Crippen LogP contribution in [0.4, 0.5) is 4.79 Å². The summed E-state index contributed by atoms with van der Waals surface area (Å²) in [5, 5.41) is 5.69. The number of carbonyl (C=O) groups is 1. The summed E-state index contributed by atoms with van der Waals surface area (Å²) in [7, 11) is 0. The largest absolute Gasteiger partial charge is 0.490 e. The Hall–Kier alpha value is -1.91. The molecule has 1 aromatic carbocycles. The molecule has 0 aliphatic rings. The number of hydrogen-bond donors (Lipinski definition) is 2. The monoisotopic (exact) mass is 308 g/mol. The van der Waals surface area contributed by atoms with Gasteiger partial charge in [0.1, 0.15) is 0 Å². The van der Waals surface area contributed by atoms with Crippen LogP contribution in [0.15, 0.2) is 18.2 Å². The van der Waals surface area contributed by atoms with Gasteiger partial charge in [0.05, 0.1) is 13.2 Å². The molecule has 0 aliphatic carbocycles. The first kappa shape index (κ1) is 18.1. The Morgan fingerprint density at radius 2 is 1.77 bits per heavy atom. The fourth-order valence-electron chi connectivity index (χ4n) is 1.93. The van der Waals surface area contributed by atoms with E-state index in [9.17, 15) is 4.79 Å². The molecular weight excluding hydrogens is 280 g/mol. The third kappa shape index (κ3) is 6.70. The van der Waals surface area contributed by atoms with Gasteiger partial charge in [0.2, 0.25) is 0 Å². The lowest BCUT2D eigenvalue weighted by molar-refractivity contribution is 0.239. The molecule has 0 spiro atoms. The van der Waals surface area contributed by atoms with Crippen molar-refractivity contribution in [2.24, 2.45) is 5.92 Å². The Labute approximate surface area is 133 Å². The van der Waals surface area contributed by atoms with Crippen LogP contribution in [-0.4, -0.2) is 32.3 Å². The molecule has 1 rings (SSSR count). The van der Waals surface area contributed by atoms with Crippen molar-refractivity contribution in [1.29, 1.82) is 0 Å². The highest BCUT2D eigenvalue weighted by Gasteiger charge is 2.07. The molecule has 5 nitrogen and oxygen atoms in total. The maximum Gasteiger partial charge on any atom is 0.314 e. The van der Waals surface area contributed by atoms with E-state index in [1.165, 1.54) is 0 Å². The third-order valence-corrected chi connectivity index (χ3v) is 2.98. The van der Waals surface area contributed by atoms with E-state index in [-0.39, 0.29) is 6.03 Å². The Balaban J connectivity index is 2.48. The molecular formula is C17H28N2O3. The molecule has 0 unspecified atom stereocenters. The zero-order valence-electron chi connectivity index (χ0n) is 14.1. The summed E-state index contributed by atoms with van der Waals surface area (Å²) in [5.41, 5.74) is 1.11. The van der Waals surface area contributed by atoms with Gasteiger partial charge in [-0.3, -0.25) is 0 Å². The van der Waals surface area contributed by atoms with E-state index in [2.05, 4.69) is 24.5 Å². The number of carbonyl (C=O) groups excluding carboxylic acids is 1. The molecule has 0 radical (unpaired) electrons. The second kappa shape index (κ2) is 9.92. The predicted octanol–water partition coefficient (Wildman–Crippen LogP) is 2.98. The van der Waals surface area contributed by atoms with Gasteiger partial charge in [-0.05, 0) is 43.9 Å². The minimum Gasteiger partial charge on any atom is -0.490 e. The van der Waals surface area contributed by atoms with Crippen molar-refractivity contribution < 1.29 is 14.3 Å². The number of amides is 2. The van der Waals surface area contributed by atoms with Gasteiger partial charge >= 0.3 is 6.03 Å². The summed E-state index contributed by atoms with van der Waals surface area (Å²) in [4.78, 5) is 11.6. The van der Waals surface area contributed by atoms with Crippen LogP contribution < -0.4 is 20.1 Å². The summed E-state index contributed by atoms with van der Waals surface area (Å²) >= 11 is 0. The molecule has 2 N–H and O–H groups in total. The van der Waals surface area contributed by atoms with Crippen molar-refractivity contribution in [3.63, 3.8) is 0 Å². The maximum absolute atomic E-state index is 11.6. The molecule has 124 valence electrons. The minimum atomic E-state index is -0.121. The Kier molecular flexibility index (Phi) is 8.18. The highest BCUT2D eigenvalue weighted by atomic mass is 16.5. The van der Waals surface area contributed by atoms with E-state index in [1.807, 2.05) is 32.0 Å². The van der Waals surface area contributed by atoms with Gasteiger partial charge in [-0.25, -0.2) is 4.79 Å². The Bertz CT molecular complexity index is 461. The van der Waals surface area contributed by atoms with Crippen molar-refractivity contribution in [1.82, 2.24) is 10.6 Å². The third-order valence-electron chi connectivity index (χ3n) is 2.98. The number of rotatable bonds is 9. The first-order valence-electron chi connectivity index (χ1n) is 7.97. The van der Waals surface area contributed by atoms with Crippen molar-refractivity contribution in [3.8, 4) is 11.5 Å². The van der Waals surface area contributed by atoms with Gasteiger partial charge in [0.25, 0.3) is 0 Å². The zero-order chi connectivity index (χ0) is 16.4. The summed E-state index contributed by atoms with van der Waals surface area (Å²) in [6.45, 7) is 10.5. The van der Waals surface area contributed by atoms with Crippen molar-refractivity contribution in [2.45, 2.75) is 34.1 Å². The fraction of sp³-hybridized carbons (Fsp3) is 0.588. The molecule has 0 aromatic heterocycles. The molecule has 0 heterocycles. The molecule has 1 aromatic rings. The highest BCUT2D eigenvalue weighted by Crippen LogP contribution is 2.28. The van der Waals surface area contributed by atoms with Crippen LogP contribution in [0.25, 0.3) is 0 Å². The molecule has 5 heteroatoms.